The van der Waals surface area contributed by atoms with Gasteiger partial charge in [-0.15, -0.1) is 0 Å². The minimum Gasteiger partial charge on any atom is -0.319 e. The van der Waals surface area contributed by atoms with Crippen molar-refractivity contribution in [3.63, 3.8) is 0 Å². The molecule has 0 aliphatic rings. The van der Waals surface area contributed by atoms with Crippen molar-refractivity contribution in [2.75, 3.05) is 5.32 Å². The van der Waals surface area contributed by atoms with Crippen molar-refractivity contribution in [3.05, 3.63) is 65.2 Å². The minimum atomic E-state index is -0.567. The Labute approximate surface area is 118 Å². The van der Waals surface area contributed by atoms with Crippen LogP contribution in [0.3, 0.4) is 0 Å². The number of carbonyl (C=O) groups is 2. The summed E-state index contributed by atoms with van der Waals surface area (Å²) in [6, 6.07) is 14.9. The molecule has 2 aromatic rings. The number of benzene rings is 2. The number of carbonyl (C=O) groups excluding carboxylic acids is 2. The zero-order valence-electron chi connectivity index (χ0n) is 11.6. The number of nitrogens with one attached hydrogen (secondary N) is 1. The third-order valence-corrected chi connectivity index (χ3v) is 3.31. The van der Waals surface area contributed by atoms with Crippen LogP contribution < -0.4 is 5.32 Å². The van der Waals surface area contributed by atoms with E-state index in [2.05, 4.69) is 5.32 Å². The van der Waals surface area contributed by atoms with Gasteiger partial charge in [-0.2, -0.15) is 0 Å². The predicted octanol–water partition coefficient (Wildman–Crippen LogP) is 3.05. The fourth-order valence-electron chi connectivity index (χ4n) is 1.94. The van der Waals surface area contributed by atoms with Crippen molar-refractivity contribution in [3.8, 4) is 0 Å². The number of anilines is 1. The van der Waals surface area contributed by atoms with Gasteiger partial charge < -0.3 is 5.32 Å². The first-order valence-electron chi connectivity index (χ1n) is 6.52. The van der Waals surface area contributed by atoms with Gasteiger partial charge in [-0.3, -0.25) is 9.59 Å². The number of amides is 1. The Morgan fingerprint density at radius 3 is 2.35 bits per heavy atom. The molecule has 0 atom stereocenters. The Hall–Kier alpha value is -2.42. The van der Waals surface area contributed by atoms with E-state index in [-0.39, 0.29) is 6.42 Å². The molecule has 0 saturated carbocycles. The largest absolute Gasteiger partial charge is 0.319 e. The monoisotopic (exact) mass is 267 g/mol. The van der Waals surface area contributed by atoms with Crippen molar-refractivity contribution in [1.29, 1.82) is 0 Å². The third-order valence-electron chi connectivity index (χ3n) is 3.31. The zero-order valence-corrected chi connectivity index (χ0v) is 11.6. The van der Waals surface area contributed by atoms with Crippen LogP contribution in [0.25, 0.3) is 0 Å². The summed E-state index contributed by atoms with van der Waals surface area (Å²) in [5.41, 5.74) is 3.59. The summed E-state index contributed by atoms with van der Waals surface area (Å²) < 4.78 is 0. The van der Waals surface area contributed by atoms with Crippen molar-refractivity contribution in [2.45, 2.75) is 20.3 Å². The lowest BCUT2D eigenvalue weighted by Crippen LogP contribution is -2.24. The van der Waals surface area contributed by atoms with Gasteiger partial charge in [-0.25, -0.2) is 0 Å². The molecule has 1 N–H and O–H groups in total. The average molecular weight is 267 g/mol. The number of rotatable bonds is 4. The van der Waals surface area contributed by atoms with Crippen molar-refractivity contribution in [1.82, 2.24) is 0 Å². The highest BCUT2D eigenvalue weighted by Crippen LogP contribution is 2.17. The SMILES string of the molecule is Cc1cccc(NC(=O)C(=O)Cc2ccccc2)c1C. The molecule has 0 unspecified atom stereocenters. The van der Waals surface area contributed by atoms with Crippen LogP contribution in [0.1, 0.15) is 16.7 Å². The van der Waals surface area contributed by atoms with E-state index in [0.717, 1.165) is 16.7 Å². The molecule has 102 valence electrons. The highest BCUT2D eigenvalue weighted by Gasteiger charge is 2.15. The second-order valence-electron chi connectivity index (χ2n) is 4.79. The second kappa shape index (κ2) is 6.15. The molecule has 3 nitrogen and oxygen atoms in total. The van der Waals surface area contributed by atoms with Crippen molar-refractivity contribution < 1.29 is 9.59 Å². The third kappa shape index (κ3) is 3.32. The van der Waals surface area contributed by atoms with Crippen molar-refractivity contribution >= 4 is 17.4 Å². The molecule has 0 heterocycles. The van der Waals surface area contributed by atoms with Gasteiger partial charge in [-0.05, 0) is 36.6 Å². The summed E-state index contributed by atoms with van der Waals surface area (Å²) in [6.07, 6.45) is 0.123. The molecule has 0 fully saturated rings. The summed E-state index contributed by atoms with van der Waals surface area (Å²) in [5.74, 6) is -1.00. The molecule has 0 saturated heterocycles. The van der Waals surface area contributed by atoms with Gasteiger partial charge in [0.15, 0.2) is 0 Å². The standard InChI is InChI=1S/C17H17NO2/c1-12-7-6-10-15(13(12)2)18-17(20)16(19)11-14-8-4-3-5-9-14/h3-10H,11H2,1-2H3,(H,18,20). The lowest BCUT2D eigenvalue weighted by atomic mass is 10.1. The summed E-state index contributed by atoms with van der Waals surface area (Å²) in [6.45, 7) is 3.89. The van der Waals surface area contributed by atoms with Gasteiger partial charge in [0.2, 0.25) is 5.78 Å². The van der Waals surface area contributed by atoms with E-state index >= 15 is 0 Å². The highest BCUT2D eigenvalue weighted by molar-refractivity contribution is 6.41. The highest BCUT2D eigenvalue weighted by atomic mass is 16.2. The van der Waals surface area contributed by atoms with E-state index < -0.39 is 11.7 Å². The van der Waals surface area contributed by atoms with Gasteiger partial charge in [0.1, 0.15) is 0 Å². The number of Topliss-reactive ketones (excluding diaryl/α,β-unsaturated/α-hetero) is 1. The molecule has 2 aromatic carbocycles. The van der Waals surface area contributed by atoms with Crippen LogP contribution in [0.2, 0.25) is 0 Å². The van der Waals surface area contributed by atoms with Crippen LogP contribution in [0.15, 0.2) is 48.5 Å². The van der Waals surface area contributed by atoms with E-state index in [1.54, 1.807) is 6.07 Å². The first kappa shape index (κ1) is 14.0. The van der Waals surface area contributed by atoms with E-state index in [1.165, 1.54) is 0 Å². The van der Waals surface area contributed by atoms with Crippen molar-refractivity contribution in [2.24, 2.45) is 0 Å². The molecule has 0 aliphatic carbocycles. The maximum atomic E-state index is 11.9. The summed E-state index contributed by atoms with van der Waals surface area (Å²) >= 11 is 0. The van der Waals surface area contributed by atoms with Gasteiger partial charge >= 0.3 is 0 Å². The number of hydrogen-bond donors (Lipinski definition) is 1. The first-order valence-corrected chi connectivity index (χ1v) is 6.52. The molecule has 2 rings (SSSR count). The van der Waals surface area contributed by atoms with Crippen LogP contribution in [0, 0.1) is 13.8 Å². The maximum absolute atomic E-state index is 11.9. The first-order chi connectivity index (χ1) is 9.58. The Morgan fingerprint density at radius 1 is 0.950 bits per heavy atom. The van der Waals surface area contributed by atoms with Gasteiger partial charge in [0.25, 0.3) is 5.91 Å². The quantitative estimate of drug-likeness (QED) is 0.865. The molecule has 0 bridgehead atoms. The Balaban J connectivity index is 2.05. The summed E-state index contributed by atoms with van der Waals surface area (Å²) in [5, 5.41) is 2.68. The van der Waals surface area contributed by atoms with Crippen LogP contribution in [-0.2, 0) is 16.0 Å². The fourth-order valence-corrected chi connectivity index (χ4v) is 1.94. The molecule has 1 amide bonds. The minimum absolute atomic E-state index is 0.123. The van der Waals surface area contributed by atoms with E-state index in [4.69, 9.17) is 0 Å². The van der Waals surface area contributed by atoms with Gasteiger partial charge in [0, 0.05) is 12.1 Å². The number of aryl methyl sites for hydroxylation is 1. The molecular weight excluding hydrogens is 250 g/mol. The van der Waals surface area contributed by atoms with Gasteiger partial charge in [-0.1, -0.05) is 42.5 Å². The fraction of sp³-hybridized carbons (Fsp3) is 0.176. The Kier molecular flexibility index (Phi) is 4.31. The summed E-state index contributed by atoms with van der Waals surface area (Å²) in [4.78, 5) is 23.8. The van der Waals surface area contributed by atoms with Crippen LogP contribution >= 0.6 is 0 Å². The van der Waals surface area contributed by atoms with E-state index in [9.17, 15) is 9.59 Å². The molecule has 0 spiro atoms. The molecular formula is C17H17NO2. The number of ketones is 1. The van der Waals surface area contributed by atoms with Crippen LogP contribution in [-0.4, -0.2) is 11.7 Å². The Morgan fingerprint density at radius 2 is 1.65 bits per heavy atom. The Bertz CT molecular complexity index is 633. The summed E-state index contributed by atoms with van der Waals surface area (Å²) in [7, 11) is 0. The maximum Gasteiger partial charge on any atom is 0.292 e. The molecule has 0 radical (unpaired) electrons. The topological polar surface area (TPSA) is 46.2 Å². The van der Waals surface area contributed by atoms with Crippen LogP contribution in [0.4, 0.5) is 5.69 Å². The zero-order chi connectivity index (χ0) is 14.5. The smallest absolute Gasteiger partial charge is 0.292 e. The molecule has 0 aliphatic heterocycles. The van der Waals surface area contributed by atoms with E-state index in [0.29, 0.717) is 5.69 Å². The van der Waals surface area contributed by atoms with Crippen LogP contribution in [0.5, 0.6) is 0 Å². The molecule has 3 heteroatoms. The lowest BCUT2D eigenvalue weighted by Gasteiger charge is -2.09. The molecule has 0 aromatic heterocycles. The predicted molar refractivity (Wildman–Crippen MR) is 79.7 cm³/mol. The normalized spacial score (nSPS) is 10.1. The lowest BCUT2D eigenvalue weighted by molar-refractivity contribution is -0.134. The van der Waals surface area contributed by atoms with E-state index in [1.807, 2.05) is 56.3 Å². The average Bonchev–Trinajstić information content (AvgIpc) is 2.45. The molecule has 20 heavy (non-hydrogen) atoms. The number of hydrogen-bond acceptors (Lipinski definition) is 2. The van der Waals surface area contributed by atoms with Gasteiger partial charge in [0.05, 0.1) is 0 Å². The second-order valence-corrected chi connectivity index (χ2v) is 4.79.